The normalized spacial score (nSPS) is 24.5. The van der Waals surface area contributed by atoms with Crippen molar-refractivity contribution in [1.82, 2.24) is 0 Å². The van der Waals surface area contributed by atoms with Crippen molar-refractivity contribution in [2.45, 2.75) is 64.8 Å². The van der Waals surface area contributed by atoms with Crippen molar-refractivity contribution >= 4 is 17.3 Å². The second-order valence-corrected chi connectivity index (χ2v) is 10.3. The van der Waals surface area contributed by atoms with Crippen LogP contribution in [0.3, 0.4) is 0 Å². The molecule has 3 heteroatoms. The van der Waals surface area contributed by atoms with Crippen molar-refractivity contribution in [3.05, 3.63) is 65.2 Å². The molecule has 2 heterocycles. The molecule has 0 radical (unpaired) electrons. The van der Waals surface area contributed by atoms with Gasteiger partial charge in [0.1, 0.15) is 17.0 Å². The number of nitrogens with zero attached hydrogens (tertiary/aromatic N) is 1. The van der Waals surface area contributed by atoms with Crippen molar-refractivity contribution in [3.8, 4) is 0 Å². The fourth-order valence-corrected chi connectivity index (χ4v) is 6.09. The molecule has 2 aliphatic heterocycles. The highest BCUT2D eigenvalue weighted by atomic mass is 16.2. The fraction of sp³-hybridized carbons (Fsp3) is 0.481. The van der Waals surface area contributed by atoms with Crippen LogP contribution in [0.4, 0.5) is 5.69 Å². The lowest BCUT2D eigenvalue weighted by Gasteiger charge is -2.54. The molecule has 0 amide bonds. The molecule has 0 N–H and O–H groups in total. The molecule has 1 spiro atoms. The van der Waals surface area contributed by atoms with E-state index in [9.17, 15) is 9.59 Å². The summed E-state index contributed by atoms with van der Waals surface area (Å²) in [5, 5.41) is 0. The van der Waals surface area contributed by atoms with Crippen LogP contribution in [-0.4, -0.2) is 24.2 Å². The summed E-state index contributed by atoms with van der Waals surface area (Å²) in [6.07, 6.45) is 5.71. The Morgan fingerprint density at radius 1 is 0.900 bits per heavy atom. The summed E-state index contributed by atoms with van der Waals surface area (Å²) in [6, 6.07) is 17.3. The predicted octanol–water partition coefficient (Wildman–Crippen LogP) is 5.14. The maximum atomic E-state index is 13.5. The SMILES string of the molecule is CC1(C)CC(=O)C2(Cc3ccc(Cc4ccccc4)cc3N3CCCCC32)C(=O)C1. The molecule has 156 valence electrons. The number of hydrogen-bond acceptors (Lipinski definition) is 3. The molecule has 1 saturated carbocycles. The highest BCUT2D eigenvalue weighted by Crippen LogP contribution is 2.52. The molecule has 1 saturated heterocycles. The summed E-state index contributed by atoms with van der Waals surface area (Å²) in [7, 11) is 0. The van der Waals surface area contributed by atoms with Crippen LogP contribution in [0.25, 0.3) is 0 Å². The Kier molecular flexibility index (Phi) is 4.61. The minimum atomic E-state index is -0.829. The Labute approximate surface area is 179 Å². The molecule has 1 unspecified atom stereocenters. The van der Waals surface area contributed by atoms with Crippen molar-refractivity contribution in [2.24, 2.45) is 10.8 Å². The van der Waals surface area contributed by atoms with E-state index < -0.39 is 5.41 Å². The number of benzene rings is 2. The third-order valence-corrected chi connectivity index (χ3v) is 7.52. The Hall–Kier alpha value is -2.42. The molecule has 0 aromatic heterocycles. The summed E-state index contributed by atoms with van der Waals surface area (Å²) in [5.41, 5.74) is 3.99. The van der Waals surface area contributed by atoms with Crippen LogP contribution < -0.4 is 4.90 Å². The maximum Gasteiger partial charge on any atom is 0.149 e. The van der Waals surface area contributed by atoms with Crippen molar-refractivity contribution in [2.75, 3.05) is 11.4 Å². The van der Waals surface area contributed by atoms with Gasteiger partial charge in [0.15, 0.2) is 0 Å². The van der Waals surface area contributed by atoms with E-state index in [0.29, 0.717) is 19.3 Å². The third-order valence-electron chi connectivity index (χ3n) is 7.52. The van der Waals surface area contributed by atoms with Gasteiger partial charge in [-0.3, -0.25) is 9.59 Å². The van der Waals surface area contributed by atoms with Crippen LogP contribution >= 0.6 is 0 Å². The van der Waals surface area contributed by atoms with Gasteiger partial charge in [0.25, 0.3) is 0 Å². The number of anilines is 1. The van der Waals surface area contributed by atoms with E-state index in [1.807, 2.05) is 6.07 Å². The van der Waals surface area contributed by atoms with Crippen molar-refractivity contribution in [3.63, 3.8) is 0 Å². The molecule has 3 aliphatic rings. The molecule has 2 aromatic carbocycles. The van der Waals surface area contributed by atoms with Gasteiger partial charge in [0.2, 0.25) is 0 Å². The summed E-state index contributed by atoms with van der Waals surface area (Å²) < 4.78 is 0. The maximum absolute atomic E-state index is 13.5. The summed E-state index contributed by atoms with van der Waals surface area (Å²) in [5.74, 6) is 0.360. The molecule has 0 bridgehead atoms. The van der Waals surface area contributed by atoms with Crippen molar-refractivity contribution < 1.29 is 9.59 Å². The topological polar surface area (TPSA) is 37.4 Å². The van der Waals surface area contributed by atoms with E-state index in [0.717, 1.165) is 32.2 Å². The van der Waals surface area contributed by atoms with Gasteiger partial charge in [-0.1, -0.05) is 56.3 Å². The van der Waals surface area contributed by atoms with E-state index in [1.54, 1.807) is 0 Å². The Balaban J connectivity index is 1.55. The number of piperidine rings is 1. The predicted molar refractivity (Wildman–Crippen MR) is 120 cm³/mol. The summed E-state index contributed by atoms with van der Waals surface area (Å²) in [4.78, 5) is 29.5. The van der Waals surface area contributed by atoms with Crippen molar-refractivity contribution in [1.29, 1.82) is 0 Å². The van der Waals surface area contributed by atoms with Crippen LogP contribution in [0.15, 0.2) is 48.5 Å². The second-order valence-electron chi connectivity index (χ2n) is 10.3. The Bertz CT molecular complexity index is 971. The molecule has 2 fully saturated rings. The lowest BCUT2D eigenvalue weighted by atomic mass is 9.55. The monoisotopic (exact) mass is 401 g/mol. The van der Waals surface area contributed by atoms with Crippen LogP contribution in [-0.2, 0) is 22.4 Å². The van der Waals surface area contributed by atoms with E-state index >= 15 is 0 Å². The number of Topliss-reactive ketones (excluding diaryl/α,β-unsaturated/α-hetero) is 2. The molecule has 2 aromatic rings. The minimum Gasteiger partial charge on any atom is -0.367 e. The largest absolute Gasteiger partial charge is 0.367 e. The zero-order valence-corrected chi connectivity index (χ0v) is 18.1. The van der Waals surface area contributed by atoms with Gasteiger partial charge in [-0.15, -0.1) is 0 Å². The lowest BCUT2D eigenvalue weighted by molar-refractivity contribution is -0.150. The van der Waals surface area contributed by atoms with Crippen LogP contribution in [0.1, 0.15) is 62.6 Å². The molecular weight excluding hydrogens is 370 g/mol. The third kappa shape index (κ3) is 3.10. The lowest BCUT2D eigenvalue weighted by Crippen LogP contribution is -2.64. The number of ketones is 2. The first-order valence-electron chi connectivity index (χ1n) is 11.4. The molecule has 5 rings (SSSR count). The average molecular weight is 402 g/mol. The second kappa shape index (κ2) is 7.08. The van der Waals surface area contributed by atoms with E-state index in [1.165, 1.54) is 22.4 Å². The highest BCUT2D eigenvalue weighted by molar-refractivity contribution is 6.11. The first-order chi connectivity index (χ1) is 14.4. The number of rotatable bonds is 2. The van der Waals surface area contributed by atoms with Gasteiger partial charge in [0.05, 0.1) is 0 Å². The summed E-state index contributed by atoms with van der Waals surface area (Å²) in [6.45, 7) is 5.06. The van der Waals surface area contributed by atoms with E-state index in [4.69, 9.17) is 0 Å². The first kappa shape index (κ1) is 19.5. The standard InChI is InChI=1S/C27H31NO2/c1-26(2)17-24(29)27(25(30)18-26)16-21-12-11-20(14-19-8-4-3-5-9-19)15-22(21)28-13-7-6-10-23(27)28/h3-5,8-9,11-12,15,23H,6-7,10,13-14,16-18H2,1-2H3. The summed E-state index contributed by atoms with van der Waals surface area (Å²) >= 11 is 0. The number of carbonyl (C=O) groups is 2. The molecule has 3 nitrogen and oxygen atoms in total. The number of hydrogen-bond donors (Lipinski definition) is 0. The zero-order chi connectivity index (χ0) is 20.9. The van der Waals surface area contributed by atoms with Gasteiger partial charge < -0.3 is 4.90 Å². The van der Waals surface area contributed by atoms with E-state index in [2.05, 4.69) is 61.2 Å². The molecule has 1 aliphatic carbocycles. The Morgan fingerprint density at radius 2 is 1.63 bits per heavy atom. The fourth-order valence-electron chi connectivity index (χ4n) is 6.09. The van der Waals surface area contributed by atoms with Gasteiger partial charge in [-0.25, -0.2) is 0 Å². The van der Waals surface area contributed by atoms with Gasteiger partial charge >= 0.3 is 0 Å². The zero-order valence-electron chi connectivity index (χ0n) is 18.1. The average Bonchev–Trinajstić information content (AvgIpc) is 2.72. The van der Waals surface area contributed by atoms with Gasteiger partial charge in [0, 0.05) is 31.1 Å². The molecule has 1 atom stereocenters. The molecular formula is C27H31NO2. The highest BCUT2D eigenvalue weighted by Gasteiger charge is 2.59. The van der Waals surface area contributed by atoms with Crippen LogP contribution in [0.2, 0.25) is 0 Å². The smallest absolute Gasteiger partial charge is 0.149 e. The van der Waals surface area contributed by atoms with Crippen LogP contribution in [0.5, 0.6) is 0 Å². The Morgan fingerprint density at radius 3 is 2.37 bits per heavy atom. The molecule has 30 heavy (non-hydrogen) atoms. The first-order valence-corrected chi connectivity index (χ1v) is 11.4. The minimum absolute atomic E-state index is 0.0295. The quantitative estimate of drug-likeness (QED) is 0.654. The van der Waals surface area contributed by atoms with E-state index in [-0.39, 0.29) is 23.0 Å². The number of fused-ring (bicyclic) bond motifs is 4. The number of carbonyl (C=O) groups excluding carboxylic acids is 2. The van der Waals surface area contributed by atoms with Gasteiger partial charge in [-0.05, 0) is 60.3 Å². The van der Waals surface area contributed by atoms with Gasteiger partial charge in [-0.2, -0.15) is 0 Å². The van der Waals surface area contributed by atoms with Crippen LogP contribution in [0, 0.1) is 10.8 Å².